The number of hydrogen-bond donors (Lipinski definition) is 0. The zero-order chi connectivity index (χ0) is 20.8. The van der Waals surface area contributed by atoms with Crippen LogP contribution in [0.15, 0.2) is 0 Å². The van der Waals surface area contributed by atoms with Gasteiger partial charge in [0.15, 0.2) is 8.45 Å². The van der Waals surface area contributed by atoms with Gasteiger partial charge in [-0.1, -0.05) is 13.3 Å². The highest BCUT2D eigenvalue weighted by molar-refractivity contribution is 7.47. The second-order valence-electron chi connectivity index (χ2n) is 11.2. The van der Waals surface area contributed by atoms with Gasteiger partial charge in [0.1, 0.15) is 0 Å². The Hall–Kier alpha value is 0.310. The topological polar surface area (TPSA) is 15.7 Å². The fourth-order valence-corrected chi connectivity index (χ4v) is 9.89. The SMILES string of the molecule is CCC1C2CC3CC(C2)CC1(OP(N(C(C)C)C(C)C)N(C(C)C)C(C)C)C3. The van der Waals surface area contributed by atoms with Crippen LogP contribution in [-0.2, 0) is 4.52 Å². The highest BCUT2D eigenvalue weighted by Gasteiger charge is 2.59. The van der Waals surface area contributed by atoms with Gasteiger partial charge in [-0.05, 0) is 111 Å². The fourth-order valence-electron chi connectivity index (χ4n) is 7.28. The van der Waals surface area contributed by atoms with Gasteiger partial charge in [0.05, 0.1) is 5.60 Å². The van der Waals surface area contributed by atoms with Crippen molar-refractivity contribution in [2.75, 3.05) is 0 Å². The van der Waals surface area contributed by atoms with E-state index in [0.29, 0.717) is 24.2 Å². The fraction of sp³-hybridized carbons (Fsp3) is 1.00. The first kappa shape index (κ1) is 23.0. The van der Waals surface area contributed by atoms with Crippen LogP contribution in [0.2, 0.25) is 0 Å². The van der Waals surface area contributed by atoms with Gasteiger partial charge in [0.25, 0.3) is 0 Å². The van der Waals surface area contributed by atoms with Crippen molar-refractivity contribution < 1.29 is 4.52 Å². The Balaban J connectivity index is 1.98. The van der Waals surface area contributed by atoms with E-state index in [4.69, 9.17) is 4.52 Å². The maximum atomic E-state index is 7.54. The predicted octanol–water partition coefficient (Wildman–Crippen LogP) is 7.07. The molecule has 164 valence electrons. The minimum Gasteiger partial charge on any atom is -0.324 e. The summed E-state index contributed by atoms with van der Waals surface area (Å²) < 4.78 is 12.9. The highest BCUT2D eigenvalue weighted by atomic mass is 31.2. The molecular formula is C24H47N2OP. The second-order valence-corrected chi connectivity index (χ2v) is 12.8. The largest absolute Gasteiger partial charge is 0.324 e. The minimum atomic E-state index is -0.772. The standard InChI is InChI=1S/C24H47N2OP/c1-10-23-22-12-20-11-21(13-22)15-24(23,14-20)27-28(25(16(2)3)17(4)5)26(18(6)7)19(8)9/h16-23H,10-15H2,1-9H3. The van der Waals surface area contributed by atoms with Crippen molar-refractivity contribution in [3.05, 3.63) is 0 Å². The van der Waals surface area contributed by atoms with Gasteiger partial charge in [-0.15, -0.1) is 0 Å². The van der Waals surface area contributed by atoms with E-state index in [1.54, 1.807) is 0 Å². The molecule has 28 heavy (non-hydrogen) atoms. The molecule has 4 bridgehead atoms. The summed E-state index contributed by atoms with van der Waals surface area (Å²) in [5.41, 5.74) is 0.138. The third-order valence-corrected chi connectivity index (χ3v) is 10.8. The molecule has 4 rings (SSSR count). The molecule has 3 unspecified atom stereocenters. The molecule has 0 spiro atoms. The smallest absolute Gasteiger partial charge is 0.189 e. The van der Waals surface area contributed by atoms with Crippen LogP contribution in [0.4, 0.5) is 0 Å². The molecule has 4 aliphatic rings. The van der Waals surface area contributed by atoms with Crippen molar-refractivity contribution in [1.82, 2.24) is 9.34 Å². The van der Waals surface area contributed by atoms with Crippen LogP contribution in [0.25, 0.3) is 0 Å². The van der Waals surface area contributed by atoms with Crippen LogP contribution in [0.3, 0.4) is 0 Å². The van der Waals surface area contributed by atoms with Crippen LogP contribution in [0.5, 0.6) is 0 Å². The van der Waals surface area contributed by atoms with E-state index in [0.717, 1.165) is 23.7 Å². The lowest BCUT2D eigenvalue weighted by atomic mass is 9.49. The van der Waals surface area contributed by atoms with Gasteiger partial charge in [-0.25, -0.2) is 9.34 Å². The molecule has 0 aromatic rings. The molecule has 0 aromatic heterocycles. The van der Waals surface area contributed by atoms with Crippen molar-refractivity contribution >= 4 is 8.45 Å². The van der Waals surface area contributed by atoms with E-state index >= 15 is 0 Å². The van der Waals surface area contributed by atoms with Crippen LogP contribution < -0.4 is 0 Å². The first-order valence-corrected chi connectivity index (χ1v) is 13.3. The molecule has 3 atom stereocenters. The maximum Gasteiger partial charge on any atom is 0.189 e. The molecule has 0 aromatic carbocycles. The predicted molar refractivity (Wildman–Crippen MR) is 122 cm³/mol. The van der Waals surface area contributed by atoms with E-state index in [1.165, 1.54) is 38.5 Å². The summed E-state index contributed by atoms with van der Waals surface area (Å²) in [4.78, 5) is 0. The van der Waals surface area contributed by atoms with Crippen LogP contribution >= 0.6 is 8.45 Å². The molecule has 4 saturated carbocycles. The zero-order valence-corrected chi connectivity index (χ0v) is 21.0. The number of hydrogen-bond acceptors (Lipinski definition) is 3. The van der Waals surface area contributed by atoms with Gasteiger partial charge in [-0.3, -0.25) is 0 Å². The average molecular weight is 411 g/mol. The van der Waals surface area contributed by atoms with E-state index in [-0.39, 0.29) is 5.60 Å². The molecule has 0 radical (unpaired) electrons. The Morgan fingerprint density at radius 3 is 1.57 bits per heavy atom. The Bertz CT molecular complexity index is 471. The molecule has 0 saturated heterocycles. The molecular weight excluding hydrogens is 363 g/mol. The summed E-state index contributed by atoms with van der Waals surface area (Å²) in [5, 5.41) is 0. The Labute approximate surface area is 176 Å². The summed E-state index contributed by atoms with van der Waals surface area (Å²) in [6.07, 6.45) is 8.38. The third kappa shape index (κ3) is 4.20. The minimum absolute atomic E-state index is 0.138. The van der Waals surface area contributed by atoms with E-state index in [9.17, 15) is 0 Å². The molecule has 4 aliphatic carbocycles. The molecule has 4 fully saturated rings. The van der Waals surface area contributed by atoms with Crippen LogP contribution in [0.1, 0.15) is 101 Å². The maximum absolute atomic E-state index is 7.54. The average Bonchev–Trinajstić information content (AvgIpc) is 2.52. The van der Waals surface area contributed by atoms with Crippen molar-refractivity contribution in [2.24, 2.45) is 23.7 Å². The monoisotopic (exact) mass is 410 g/mol. The molecule has 0 N–H and O–H groups in total. The van der Waals surface area contributed by atoms with E-state index in [1.807, 2.05) is 0 Å². The zero-order valence-electron chi connectivity index (χ0n) is 20.1. The molecule has 0 heterocycles. The Morgan fingerprint density at radius 2 is 1.21 bits per heavy atom. The summed E-state index contributed by atoms with van der Waals surface area (Å²) in [6, 6.07) is 2.00. The van der Waals surface area contributed by atoms with Crippen molar-refractivity contribution in [2.45, 2.75) is 131 Å². The lowest BCUT2D eigenvalue weighted by Crippen LogP contribution is -2.59. The lowest BCUT2D eigenvalue weighted by Gasteiger charge is -2.62. The van der Waals surface area contributed by atoms with Gasteiger partial charge >= 0.3 is 0 Å². The molecule has 3 nitrogen and oxygen atoms in total. The molecule has 0 aliphatic heterocycles. The van der Waals surface area contributed by atoms with Crippen molar-refractivity contribution in [1.29, 1.82) is 0 Å². The summed E-state index contributed by atoms with van der Waals surface area (Å²) in [5.74, 6) is 3.55. The summed E-state index contributed by atoms with van der Waals surface area (Å²) in [7, 11) is -0.772. The normalized spacial score (nSPS) is 35.1. The summed E-state index contributed by atoms with van der Waals surface area (Å²) >= 11 is 0. The van der Waals surface area contributed by atoms with Crippen molar-refractivity contribution in [3.63, 3.8) is 0 Å². The lowest BCUT2D eigenvalue weighted by molar-refractivity contribution is -0.158. The van der Waals surface area contributed by atoms with E-state index < -0.39 is 8.45 Å². The molecule has 4 heteroatoms. The van der Waals surface area contributed by atoms with Gasteiger partial charge in [-0.2, -0.15) is 0 Å². The Morgan fingerprint density at radius 1 is 0.786 bits per heavy atom. The summed E-state index contributed by atoms with van der Waals surface area (Å²) in [6.45, 7) is 21.3. The van der Waals surface area contributed by atoms with Crippen molar-refractivity contribution in [3.8, 4) is 0 Å². The van der Waals surface area contributed by atoms with E-state index in [2.05, 4.69) is 71.7 Å². The highest BCUT2D eigenvalue weighted by Crippen LogP contribution is 2.66. The number of nitrogens with zero attached hydrogens (tertiary/aromatic N) is 2. The first-order chi connectivity index (χ1) is 13.1. The quantitative estimate of drug-likeness (QED) is 0.378. The first-order valence-electron chi connectivity index (χ1n) is 12.1. The third-order valence-electron chi connectivity index (χ3n) is 7.67. The molecule has 0 amide bonds. The second kappa shape index (κ2) is 8.81. The van der Waals surface area contributed by atoms with Crippen LogP contribution in [-0.4, -0.2) is 39.1 Å². The van der Waals surface area contributed by atoms with Gasteiger partial charge in [0.2, 0.25) is 0 Å². The Kier molecular flexibility index (Phi) is 7.24. The van der Waals surface area contributed by atoms with Gasteiger partial charge in [0, 0.05) is 24.2 Å². The van der Waals surface area contributed by atoms with Crippen LogP contribution in [0, 0.1) is 23.7 Å². The number of rotatable bonds is 9. The van der Waals surface area contributed by atoms with Gasteiger partial charge < -0.3 is 4.52 Å².